The number of hydrogen-bond acceptors (Lipinski definition) is 3. The Morgan fingerprint density at radius 3 is 2.60 bits per heavy atom. The molecule has 0 aliphatic carbocycles. The molecule has 0 saturated heterocycles. The van der Waals surface area contributed by atoms with Crippen molar-refractivity contribution in [1.82, 2.24) is 0 Å². The molecule has 2 rings (SSSR count). The summed E-state index contributed by atoms with van der Waals surface area (Å²) < 4.78 is 38.6. The number of anilines is 1. The first kappa shape index (κ1) is 15.2. The molecule has 2 nitrogen and oxygen atoms in total. The summed E-state index contributed by atoms with van der Waals surface area (Å²) in [5, 5.41) is 4.10. The van der Waals surface area contributed by atoms with Crippen LogP contribution in [0.3, 0.4) is 0 Å². The summed E-state index contributed by atoms with van der Waals surface area (Å²) in [5.41, 5.74) is 0.0449. The fourth-order valence-corrected chi connectivity index (χ4v) is 3.37. The van der Waals surface area contributed by atoms with Crippen LogP contribution >= 0.6 is 11.8 Å². The highest BCUT2D eigenvalue weighted by atomic mass is 32.2. The first-order valence-corrected chi connectivity index (χ1v) is 7.33. The van der Waals surface area contributed by atoms with Crippen molar-refractivity contribution in [3.05, 3.63) is 29.3 Å². The number of alkyl halides is 3. The van der Waals surface area contributed by atoms with Gasteiger partial charge in [0.15, 0.2) is 5.17 Å². The van der Waals surface area contributed by atoms with Crippen LogP contribution in [-0.4, -0.2) is 16.5 Å². The van der Waals surface area contributed by atoms with Gasteiger partial charge in [0.25, 0.3) is 0 Å². The molecule has 1 aromatic carbocycles. The Kier molecular flexibility index (Phi) is 4.32. The average molecular weight is 302 g/mol. The van der Waals surface area contributed by atoms with E-state index in [-0.39, 0.29) is 11.6 Å². The van der Waals surface area contributed by atoms with Gasteiger partial charge in [-0.15, -0.1) is 0 Å². The van der Waals surface area contributed by atoms with Crippen LogP contribution in [0.2, 0.25) is 0 Å². The van der Waals surface area contributed by atoms with Crippen LogP contribution in [0.1, 0.15) is 31.4 Å². The van der Waals surface area contributed by atoms with E-state index in [9.17, 15) is 13.2 Å². The lowest BCUT2D eigenvalue weighted by Gasteiger charge is -2.23. The summed E-state index contributed by atoms with van der Waals surface area (Å²) in [4.78, 5) is 4.43. The number of thioether (sulfide) groups is 1. The van der Waals surface area contributed by atoms with Crippen molar-refractivity contribution in [3.8, 4) is 0 Å². The van der Waals surface area contributed by atoms with Crippen LogP contribution in [0, 0.1) is 6.92 Å². The Labute approximate surface area is 120 Å². The molecule has 1 aliphatic heterocycles. The normalized spacial score (nSPS) is 23.4. The lowest BCUT2D eigenvalue weighted by Crippen LogP contribution is -2.23. The summed E-state index contributed by atoms with van der Waals surface area (Å²) in [7, 11) is 0. The van der Waals surface area contributed by atoms with Gasteiger partial charge in [0.1, 0.15) is 0 Å². The SMILES string of the molecule is Cc1ccc(NC2=NC(C)CC(C)S2)cc1C(F)(F)F. The molecule has 0 saturated carbocycles. The molecule has 1 aliphatic rings. The molecule has 20 heavy (non-hydrogen) atoms. The number of hydrogen-bond donors (Lipinski definition) is 1. The van der Waals surface area contributed by atoms with E-state index in [1.165, 1.54) is 13.0 Å². The smallest absolute Gasteiger partial charge is 0.335 e. The van der Waals surface area contributed by atoms with Crippen LogP contribution in [-0.2, 0) is 6.18 Å². The van der Waals surface area contributed by atoms with Gasteiger partial charge in [-0.3, -0.25) is 4.99 Å². The highest BCUT2D eigenvalue weighted by Gasteiger charge is 2.32. The summed E-state index contributed by atoms with van der Waals surface area (Å²) in [6.07, 6.45) is -3.35. The molecular weight excluding hydrogens is 285 g/mol. The van der Waals surface area contributed by atoms with E-state index in [0.717, 1.165) is 12.5 Å². The molecule has 110 valence electrons. The third-order valence-electron chi connectivity index (χ3n) is 3.12. The highest BCUT2D eigenvalue weighted by Crippen LogP contribution is 2.34. The van der Waals surface area contributed by atoms with Crippen LogP contribution in [0.5, 0.6) is 0 Å². The fourth-order valence-electron chi connectivity index (χ4n) is 2.19. The number of halogens is 3. The highest BCUT2D eigenvalue weighted by molar-refractivity contribution is 8.14. The Balaban J connectivity index is 2.22. The summed E-state index contributed by atoms with van der Waals surface area (Å²) in [5.74, 6) is 0. The van der Waals surface area contributed by atoms with E-state index < -0.39 is 11.7 Å². The third kappa shape index (κ3) is 3.69. The molecule has 1 aromatic rings. The van der Waals surface area contributed by atoms with Gasteiger partial charge in [-0.1, -0.05) is 24.8 Å². The van der Waals surface area contributed by atoms with Crippen molar-refractivity contribution in [1.29, 1.82) is 0 Å². The number of aryl methyl sites for hydroxylation is 1. The van der Waals surface area contributed by atoms with Crippen LogP contribution < -0.4 is 5.32 Å². The first-order valence-electron chi connectivity index (χ1n) is 6.45. The van der Waals surface area contributed by atoms with Gasteiger partial charge in [0.05, 0.1) is 11.6 Å². The van der Waals surface area contributed by atoms with Crippen molar-refractivity contribution in [3.63, 3.8) is 0 Å². The lowest BCUT2D eigenvalue weighted by molar-refractivity contribution is -0.138. The summed E-state index contributed by atoms with van der Waals surface area (Å²) in [6.45, 7) is 5.56. The van der Waals surface area contributed by atoms with Crippen molar-refractivity contribution < 1.29 is 13.2 Å². The number of nitrogens with zero attached hydrogens (tertiary/aromatic N) is 1. The third-order valence-corrected chi connectivity index (χ3v) is 4.14. The van der Waals surface area contributed by atoms with Crippen LogP contribution in [0.25, 0.3) is 0 Å². The van der Waals surface area contributed by atoms with Crippen molar-refractivity contribution >= 4 is 22.6 Å². The monoisotopic (exact) mass is 302 g/mol. The second-order valence-electron chi connectivity index (χ2n) is 5.10. The average Bonchev–Trinajstić information content (AvgIpc) is 2.29. The number of benzene rings is 1. The van der Waals surface area contributed by atoms with Crippen molar-refractivity contribution in [2.75, 3.05) is 5.32 Å². The molecule has 2 unspecified atom stereocenters. The molecule has 0 fully saturated rings. The quantitative estimate of drug-likeness (QED) is 0.813. The predicted octanol–water partition coefficient (Wildman–Crippen LogP) is 4.70. The summed E-state index contributed by atoms with van der Waals surface area (Å²) >= 11 is 1.56. The zero-order valence-corrected chi connectivity index (χ0v) is 12.4. The molecule has 1 N–H and O–H groups in total. The Bertz CT molecular complexity index is 526. The Hall–Kier alpha value is -1.17. The first-order chi connectivity index (χ1) is 9.25. The van der Waals surface area contributed by atoms with Crippen molar-refractivity contribution in [2.45, 2.75) is 44.7 Å². The number of nitrogens with one attached hydrogen (secondary N) is 1. The van der Waals surface area contributed by atoms with Gasteiger partial charge < -0.3 is 5.32 Å². The zero-order valence-electron chi connectivity index (χ0n) is 11.6. The van der Waals surface area contributed by atoms with Gasteiger partial charge in [-0.2, -0.15) is 13.2 Å². The molecule has 0 radical (unpaired) electrons. The van der Waals surface area contributed by atoms with E-state index in [4.69, 9.17) is 0 Å². The van der Waals surface area contributed by atoms with E-state index in [2.05, 4.69) is 17.2 Å². The largest absolute Gasteiger partial charge is 0.416 e. The molecule has 0 aromatic heterocycles. The van der Waals surface area contributed by atoms with E-state index in [0.29, 0.717) is 16.1 Å². The van der Waals surface area contributed by atoms with Gasteiger partial charge in [0, 0.05) is 10.9 Å². The lowest BCUT2D eigenvalue weighted by atomic mass is 10.1. The number of aliphatic imine (C=N–C) groups is 1. The minimum absolute atomic E-state index is 0.196. The molecule has 6 heteroatoms. The summed E-state index contributed by atoms with van der Waals surface area (Å²) in [6, 6.07) is 4.47. The minimum Gasteiger partial charge on any atom is -0.335 e. The Morgan fingerprint density at radius 2 is 2.00 bits per heavy atom. The standard InChI is InChI=1S/C14H17F3N2S/c1-8-4-5-11(7-12(8)14(15,16)17)19-13-18-9(2)6-10(3)20-13/h4-5,7,9-10H,6H2,1-3H3,(H,18,19). The van der Waals surface area contributed by atoms with Gasteiger partial charge in [0.2, 0.25) is 0 Å². The maximum atomic E-state index is 12.9. The maximum Gasteiger partial charge on any atom is 0.416 e. The molecule has 1 heterocycles. The second-order valence-corrected chi connectivity index (χ2v) is 6.53. The van der Waals surface area contributed by atoms with Gasteiger partial charge >= 0.3 is 6.18 Å². The topological polar surface area (TPSA) is 24.4 Å². The molecule has 0 bridgehead atoms. The maximum absolute atomic E-state index is 12.9. The Morgan fingerprint density at radius 1 is 1.30 bits per heavy atom. The molecular formula is C14H17F3N2S. The van der Waals surface area contributed by atoms with E-state index in [1.54, 1.807) is 17.8 Å². The molecule has 0 amide bonds. The molecule has 0 spiro atoms. The van der Waals surface area contributed by atoms with Gasteiger partial charge in [-0.05, 0) is 38.0 Å². The molecule has 2 atom stereocenters. The second kappa shape index (κ2) is 5.68. The number of amidine groups is 1. The van der Waals surface area contributed by atoms with E-state index in [1.807, 2.05) is 6.92 Å². The van der Waals surface area contributed by atoms with Gasteiger partial charge in [-0.25, -0.2) is 0 Å². The zero-order chi connectivity index (χ0) is 14.9. The van der Waals surface area contributed by atoms with Crippen LogP contribution in [0.15, 0.2) is 23.2 Å². The number of rotatable bonds is 1. The predicted molar refractivity (Wildman–Crippen MR) is 78.4 cm³/mol. The minimum atomic E-state index is -4.33. The van der Waals surface area contributed by atoms with Crippen LogP contribution in [0.4, 0.5) is 18.9 Å². The fraction of sp³-hybridized carbons (Fsp3) is 0.500. The van der Waals surface area contributed by atoms with Crippen molar-refractivity contribution in [2.24, 2.45) is 4.99 Å². The van der Waals surface area contributed by atoms with E-state index >= 15 is 0 Å².